The quantitative estimate of drug-likeness (QED) is 0.425. The molecule has 3 aromatic rings. The average Bonchev–Trinajstić information content (AvgIpc) is 2.75. The van der Waals surface area contributed by atoms with Crippen molar-refractivity contribution in [3.05, 3.63) is 95.0 Å². The van der Waals surface area contributed by atoms with Crippen molar-refractivity contribution in [1.29, 1.82) is 0 Å². The summed E-state index contributed by atoms with van der Waals surface area (Å²) in [6.07, 6.45) is 0.995. The van der Waals surface area contributed by atoms with Crippen LogP contribution in [0.3, 0.4) is 0 Å². The Hall–Kier alpha value is -3.30. The molecule has 0 aliphatic heterocycles. The molecule has 0 unspecified atom stereocenters. The second-order valence-corrected chi connectivity index (χ2v) is 8.47. The van der Waals surface area contributed by atoms with Gasteiger partial charge in [0.1, 0.15) is 18.2 Å². The molecular weight excluding hydrogens is 448 g/mol. The van der Waals surface area contributed by atoms with Gasteiger partial charge in [0, 0.05) is 5.56 Å². The molecule has 31 heavy (non-hydrogen) atoms. The molecule has 1 amide bonds. The standard InChI is InChI=1S/C21H16ClF2N3O3S/c22-17-9-6-11-18(23)16(17)13-25-26-21(28)14-27(20-12-5-4-10-19(20)24)31(29,30)15-7-2-1-3-8-15/h1-13H,14H2,(H,26,28)/b25-13-. The maximum absolute atomic E-state index is 14.4. The van der Waals surface area contributed by atoms with E-state index in [0.717, 1.165) is 12.3 Å². The second-order valence-electron chi connectivity index (χ2n) is 6.20. The maximum atomic E-state index is 14.4. The van der Waals surface area contributed by atoms with Gasteiger partial charge in [0.2, 0.25) is 0 Å². The zero-order valence-electron chi connectivity index (χ0n) is 15.9. The number of carbonyl (C=O) groups excluding carboxylic acids is 1. The number of hydrogen-bond donors (Lipinski definition) is 1. The molecule has 0 aliphatic rings. The lowest BCUT2D eigenvalue weighted by molar-refractivity contribution is -0.119. The zero-order valence-corrected chi connectivity index (χ0v) is 17.4. The first-order chi connectivity index (χ1) is 14.8. The Bertz CT molecular complexity index is 1200. The van der Waals surface area contributed by atoms with Gasteiger partial charge >= 0.3 is 0 Å². The summed E-state index contributed by atoms with van der Waals surface area (Å²) < 4.78 is 54.9. The number of para-hydroxylation sites is 1. The fourth-order valence-electron chi connectivity index (χ4n) is 2.64. The molecule has 0 bridgehead atoms. The minimum atomic E-state index is -4.26. The van der Waals surface area contributed by atoms with E-state index in [1.165, 1.54) is 60.7 Å². The summed E-state index contributed by atoms with van der Waals surface area (Å²) in [5.41, 5.74) is 1.75. The van der Waals surface area contributed by atoms with E-state index in [2.05, 4.69) is 10.5 Å². The van der Waals surface area contributed by atoms with E-state index in [0.29, 0.717) is 4.31 Å². The first-order valence-electron chi connectivity index (χ1n) is 8.89. The summed E-state index contributed by atoms with van der Waals surface area (Å²) in [6, 6.07) is 16.5. The number of hydrogen-bond acceptors (Lipinski definition) is 4. The van der Waals surface area contributed by atoms with Crippen LogP contribution in [0.25, 0.3) is 0 Å². The van der Waals surface area contributed by atoms with Gasteiger partial charge in [-0.2, -0.15) is 5.10 Å². The first kappa shape index (κ1) is 22.4. The van der Waals surface area contributed by atoms with Gasteiger partial charge in [-0.25, -0.2) is 22.6 Å². The van der Waals surface area contributed by atoms with Crippen LogP contribution in [0.4, 0.5) is 14.5 Å². The Morgan fingerprint density at radius 2 is 1.61 bits per heavy atom. The normalized spacial score (nSPS) is 11.5. The molecule has 0 saturated heterocycles. The van der Waals surface area contributed by atoms with E-state index in [4.69, 9.17) is 11.6 Å². The Labute approximate surface area is 182 Å². The summed E-state index contributed by atoms with van der Waals surface area (Å²) in [5, 5.41) is 3.70. The fourth-order valence-corrected chi connectivity index (χ4v) is 4.30. The number of halogens is 3. The van der Waals surface area contributed by atoms with Crippen LogP contribution in [0, 0.1) is 11.6 Å². The highest BCUT2D eigenvalue weighted by Gasteiger charge is 2.28. The highest BCUT2D eigenvalue weighted by Crippen LogP contribution is 2.26. The third kappa shape index (κ3) is 5.25. The molecule has 0 atom stereocenters. The minimum Gasteiger partial charge on any atom is -0.271 e. The van der Waals surface area contributed by atoms with E-state index in [1.54, 1.807) is 6.07 Å². The zero-order chi connectivity index (χ0) is 22.4. The van der Waals surface area contributed by atoms with Crippen molar-refractivity contribution < 1.29 is 22.0 Å². The van der Waals surface area contributed by atoms with Gasteiger partial charge in [0.25, 0.3) is 15.9 Å². The number of hydrazone groups is 1. The predicted molar refractivity (Wildman–Crippen MR) is 115 cm³/mol. The van der Waals surface area contributed by atoms with Crippen LogP contribution in [-0.4, -0.2) is 27.1 Å². The molecule has 0 aliphatic carbocycles. The third-order valence-corrected chi connectivity index (χ3v) is 6.23. The Morgan fingerprint density at radius 1 is 0.968 bits per heavy atom. The number of sulfonamides is 1. The first-order valence-corrected chi connectivity index (χ1v) is 10.7. The van der Waals surface area contributed by atoms with E-state index in [1.807, 2.05) is 0 Å². The summed E-state index contributed by atoms with van der Waals surface area (Å²) in [5.74, 6) is -2.34. The lowest BCUT2D eigenvalue weighted by Crippen LogP contribution is -2.40. The molecule has 0 spiro atoms. The van der Waals surface area contributed by atoms with Crippen molar-refractivity contribution in [2.75, 3.05) is 10.8 Å². The summed E-state index contributed by atoms with van der Waals surface area (Å²) in [7, 11) is -4.26. The molecule has 0 radical (unpaired) electrons. The number of carbonyl (C=O) groups is 1. The van der Waals surface area contributed by atoms with Crippen molar-refractivity contribution in [2.24, 2.45) is 5.10 Å². The van der Waals surface area contributed by atoms with Gasteiger partial charge in [-0.05, 0) is 36.4 Å². The number of nitrogens with one attached hydrogen (secondary N) is 1. The van der Waals surface area contributed by atoms with Gasteiger partial charge in [-0.3, -0.25) is 9.10 Å². The van der Waals surface area contributed by atoms with Crippen LogP contribution >= 0.6 is 11.6 Å². The lowest BCUT2D eigenvalue weighted by atomic mass is 10.2. The Kier molecular flexibility index (Phi) is 6.98. The number of nitrogens with zero attached hydrogens (tertiary/aromatic N) is 2. The Morgan fingerprint density at radius 3 is 2.29 bits per heavy atom. The number of rotatable bonds is 7. The maximum Gasteiger partial charge on any atom is 0.264 e. The smallest absolute Gasteiger partial charge is 0.264 e. The highest BCUT2D eigenvalue weighted by atomic mass is 35.5. The molecule has 0 fully saturated rings. The molecule has 6 nitrogen and oxygen atoms in total. The van der Waals surface area contributed by atoms with E-state index in [-0.39, 0.29) is 21.2 Å². The average molecular weight is 464 g/mol. The number of amides is 1. The van der Waals surface area contributed by atoms with Crippen LogP contribution in [0.15, 0.2) is 82.8 Å². The molecular formula is C21H16ClF2N3O3S. The Balaban J connectivity index is 1.86. The summed E-state index contributed by atoms with van der Waals surface area (Å²) in [4.78, 5) is 12.3. The van der Waals surface area contributed by atoms with Gasteiger partial charge in [0.15, 0.2) is 0 Å². The molecule has 10 heteroatoms. The SMILES string of the molecule is O=C(CN(c1ccccc1F)S(=O)(=O)c1ccccc1)N/N=C\c1c(F)cccc1Cl. The largest absolute Gasteiger partial charge is 0.271 e. The predicted octanol–water partition coefficient (Wildman–Crippen LogP) is 3.96. The van der Waals surface area contributed by atoms with Gasteiger partial charge in [-0.1, -0.05) is 48.0 Å². The summed E-state index contributed by atoms with van der Waals surface area (Å²) >= 11 is 5.88. The van der Waals surface area contributed by atoms with Crippen LogP contribution in [0.5, 0.6) is 0 Å². The second kappa shape index (κ2) is 9.67. The number of anilines is 1. The molecule has 1 N–H and O–H groups in total. The van der Waals surface area contributed by atoms with Gasteiger partial charge in [-0.15, -0.1) is 0 Å². The van der Waals surface area contributed by atoms with Crippen molar-refractivity contribution in [3.8, 4) is 0 Å². The summed E-state index contributed by atoms with van der Waals surface area (Å²) in [6.45, 7) is -0.763. The number of benzene rings is 3. The van der Waals surface area contributed by atoms with Gasteiger partial charge in [0.05, 0.1) is 21.8 Å². The van der Waals surface area contributed by atoms with Crippen LogP contribution in [0.1, 0.15) is 5.56 Å². The molecule has 0 aromatic heterocycles. The highest BCUT2D eigenvalue weighted by molar-refractivity contribution is 7.92. The van der Waals surface area contributed by atoms with Crippen molar-refractivity contribution in [3.63, 3.8) is 0 Å². The van der Waals surface area contributed by atoms with Gasteiger partial charge < -0.3 is 0 Å². The van der Waals surface area contributed by atoms with E-state index in [9.17, 15) is 22.0 Å². The molecule has 3 aromatic carbocycles. The monoisotopic (exact) mass is 463 g/mol. The fraction of sp³-hybridized carbons (Fsp3) is 0.0476. The van der Waals surface area contributed by atoms with E-state index < -0.39 is 34.1 Å². The minimum absolute atomic E-state index is 0.0488. The molecule has 0 heterocycles. The van der Waals surface area contributed by atoms with E-state index >= 15 is 0 Å². The molecule has 160 valence electrons. The van der Waals surface area contributed by atoms with Crippen molar-refractivity contribution in [1.82, 2.24) is 5.43 Å². The third-order valence-electron chi connectivity index (χ3n) is 4.12. The van der Waals surface area contributed by atoms with Crippen molar-refractivity contribution in [2.45, 2.75) is 4.90 Å². The molecule has 3 rings (SSSR count). The van der Waals surface area contributed by atoms with Crippen LogP contribution in [-0.2, 0) is 14.8 Å². The lowest BCUT2D eigenvalue weighted by Gasteiger charge is -2.24. The van der Waals surface area contributed by atoms with Crippen LogP contribution in [0.2, 0.25) is 5.02 Å². The van der Waals surface area contributed by atoms with Crippen LogP contribution < -0.4 is 9.73 Å². The molecule has 0 saturated carbocycles. The topological polar surface area (TPSA) is 78.8 Å². The van der Waals surface area contributed by atoms with Crippen molar-refractivity contribution >= 4 is 39.4 Å².